The van der Waals surface area contributed by atoms with Crippen molar-refractivity contribution in [2.75, 3.05) is 49.5 Å². The number of urea groups is 1. The molecule has 0 spiro atoms. The third-order valence-electron chi connectivity index (χ3n) is 5.90. The average Bonchev–Trinajstić information content (AvgIpc) is 2.81. The van der Waals surface area contributed by atoms with Gasteiger partial charge in [-0.05, 0) is 24.5 Å². The first-order valence-corrected chi connectivity index (χ1v) is 11.5. The molecule has 3 rings (SSSR count). The van der Waals surface area contributed by atoms with E-state index in [2.05, 4.69) is 45.8 Å². The van der Waals surface area contributed by atoms with E-state index in [9.17, 15) is 9.90 Å². The number of aliphatic hydroxyl groups is 1. The van der Waals surface area contributed by atoms with Crippen LogP contribution >= 0.6 is 0 Å². The summed E-state index contributed by atoms with van der Waals surface area (Å²) in [6, 6.07) is 13.5. The lowest BCUT2D eigenvalue weighted by Crippen LogP contribution is -2.47. The summed E-state index contributed by atoms with van der Waals surface area (Å²) in [7, 11) is 0. The number of aromatic nitrogens is 1. The van der Waals surface area contributed by atoms with Gasteiger partial charge in [0, 0.05) is 63.6 Å². The van der Waals surface area contributed by atoms with E-state index in [4.69, 9.17) is 0 Å². The summed E-state index contributed by atoms with van der Waals surface area (Å²) in [5.74, 6) is 0.754. The summed E-state index contributed by atoms with van der Waals surface area (Å²) >= 11 is 0. The summed E-state index contributed by atoms with van der Waals surface area (Å²) in [4.78, 5) is 21.0. The van der Waals surface area contributed by atoms with E-state index in [0.29, 0.717) is 31.7 Å². The quantitative estimate of drug-likeness (QED) is 0.458. The van der Waals surface area contributed by atoms with Gasteiger partial charge < -0.3 is 25.5 Å². The van der Waals surface area contributed by atoms with Crippen molar-refractivity contribution in [2.24, 2.45) is 0 Å². The Hall–Kier alpha value is -3.16. The second-order valence-corrected chi connectivity index (χ2v) is 8.49. The van der Waals surface area contributed by atoms with Gasteiger partial charge in [0.25, 0.3) is 0 Å². The molecule has 33 heavy (non-hydrogen) atoms. The number of hydrogen-bond acceptors (Lipinski definition) is 5. The Balaban J connectivity index is 1.40. The number of nitrogens with zero attached hydrogens (tertiary/aromatic N) is 3. The third kappa shape index (κ3) is 7.73. The largest absolute Gasteiger partial charge is 0.389 e. The number of pyridine rings is 1. The van der Waals surface area contributed by atoms with Crippen molar-refractivity contribution in [3.05, 3.63) is 79.5 Å². The van der Waals surface area contributed by atoms with E-state index in [-0.39, 0.29) is 6.03 Å². The fourth-order valence-electron chi connectivity index (χ4n) is 4.09. The van der Waals surface area contributed by atoms with Gasteiger partial charge in [0.05, 0.1) is 5.60 Å². The van der Waals surface area contributed by atoms with Crippen LogP contribution in [0.3, 0.4) is 0 Å². The highest BCUT2D eigenvalue weighted by molar-refractivity contribution is 5.89. The van der Waals surface area contributed by atoms with Crippen LogP contribution in [0, 0.1) is 0 Å². The van der Waals surface area contributed by atoms with E-state index in [1.807, 2.05) is 29.2 Å². The van der Waals surface area contributed by atoms with Gasteiger partial charge in [-0.3, -0.25) is 0 Å². The lowest BCUT2D eigenvalue weighted by molar-refractivity contribution is -0.0201. The van der Waals surface area contributed by atoms with Crippen molar-refractivity contribution in [2.45, 2.75) is 24.9 Å². The number of carbonyl (C=O) groups is 1. The molecule has 2 heterocycles. The van der Waals surface area contributed by atoms with Crippen molar-refractivity contribution in [1.29, 1.82) is 0 Å². The molecular formula is C26H35N5O2. The highest BCUT2D eigenvalue weighted by Crippen LogP contribution is 2.26. The number of likely N-dealkylation sites (tertiary alicyclic amines) is 1. The van der Waals surface area contributed by atoms with Gasteiger partial charge in [-0.25, -0.2) is 9.78 Å². The molecule has 176 valence electrons. The highest BCUT2D eigenvalue weighted by atomic mass is 16.3. The fraction of sp³-hybridized carbons (Fsp3) is 0.385. The molecule has 0 saturated carbocycles. The van der Waals surface area contributed by atoms with Crippen LogP contribution in [0.5, 0.6) is 0 Å². The summed E-state index contributed by atoms with van der Waals surface area (Å²) < 4.78 is 0. The Morgan fingerprint density at radius 3 is 2.52 bits per heavy atom. The number of hydrogen-bond donors (Lipinski definition) is 3. The van der Waals surface area contributed by atoms with Crippen molar-refractivity contribution in [3.63, 3.8) is 0 Å². The molecule has 1 fully saturated rings. The third-order valence-corrected chi connectivity index (χ3v) is 5.90. The lowest BCUT2D eigenvalue weighted by Gasteiger charge is -2.38. The lowest BCUT2D eigenvalue weighted by atomic mass is 9.85. The molecule has 0 aliphatic carbocycles. The Morgan fingerprint density at radius 1 is 1.15 bits per heavy atom. The number of piperidine rings is 1. The molecule has 1 aromatic heterocycles. The van der Waals surface area contributed by atoms with Crippen molar-refractivity contribution < 1.29 is 9.90 Å². The van der Waals surface area contributed by atoms with Crippen LogP contribution < -0.4 is 15.5 Å². The first-order valence-electron chi connectivity index (χ1n) is 11.5. The molecule has 0 radical (unpaired) electrons. The maximum Gasteiger partial charge on any atom is 0.319 e. The molecular weight excluding hydrogens is 414 g/mol. The molecule has 1 aliphatic heterocycles. The van der Waals surface area contributed by atoms with Crippen molar-refractivity contribution in [1.82, 2.24) is 15.2 Å². The summed E-state index contributed by atoms with van der Waals surface area (Å²) in [6.07, 6.45) is 7.45. The Kier molecular flexibility index (Phi) is 9.04. The van der Waals surface area contributed by atoms with Gasteiger partial charge in [0.15, 0.2) is 0 Å². The predicted molar refractivity (Wildman–Crippen MR) is 135 cm³/mol. The molecule has 7 heteroatoms. The van der Waals surface area contributed by atoms with Gasteiger partial charge in [0.2, 0.25) is 0 Å². The van der Waals surface area contributed by atoms with E-state index < -0.39 is 5.60 Å². The van der Waals surface area contributed by atoms with Crippen LogP contribution in [0.15, 0.2) is 74.0 Å². The van der Waals surface area contributed by atoms with Gasteiger partial charge in [0.1, 0.15) is 5.82 Å². The maximum atomic E-state index is 12.3. The van der Waals surface area contributed by atoms with E-state index in [1.54, 1.807) is 24.4 Å². The van der Waals surface area contributed by atoms with Gasteiger partial charge in [-0.1, -0.05) is 42.5 Å². The molecule has 7 nitrogen and oxygen atoms in total. The normalized spacial score (nSPS) is 15.4. The number of carbonyl (C=O) groups excluding carboxylic acids is 1. The first kappa shape index (κ1) is 24.5. The topological polar surface area (TPSA) is 80.7 Å². The monoisotopic (exact) mass is 449 g/mol. The standard InChI is InChI=1S/C26H35N5O2/c1-3-15-31(16-4-2)24-20-23(10-13-27-24)29-25(32)28-14-19-30-17-11-26(33,12-18-30)21-22-8-6-5-7-9-22/h3-10,13,20,33H,1-2,11-12,14-19,21H2,(H2,27,28,29,32). The molecule has 3 N–H and O–H groups in total. The number of nitrogens with one attached hydrogen (secondary N) is 2. The van der Waals surface area contributed by atoms with Crippen molar-refractivity contribution in [3.8, 4) is 0 Å². The minimum absolute atomic E-state index is 0.247. The number of benzene rings is 1. The van der Waals surface area contributed by atoms with Gasteiger partial charge in [-0.2, -0.15) is 0 Å². The zero-order valence-corrected chi connectivity index (χ0v) is 19.2. The van der Waals surface area contributed by atoms with Crippen LogP contribution in [-0.2, 0) is 6.42 Å². The van der Waals surface area contributed by atoms with Crippen LogP contribution in [0.25, 0.3) is 0 Å². The van der Waals surface area contributed by atoms with Gasteiger partial charge >= 0.3 is 6.03 Å². The van der Waals surface area contributed by atoms with Crippen LogP contribution in [0.1, 0.15) is 18.4 Å². The minimum Gasteiger partial charge on any atom is -0.389 e. The van der Waals surface area contributed by atoms with Crippen LogP contribution in [0.4, 0.5) is 16.3 Å². The number of rotatable bonds is 11. The Bertz CT molecular complexity index is 900. The molecule has 1 aliphatic rings. The summed E-state index contributed by atoms with van der Waals surface area (Å²) in [5, 5.41) is 16.7. The summed E-state index contributed by atoms with van der Waals surface area (Å²) in [5.41, 5.74) is 1.20. The zero-order chi connectivity index (χ0) is 23.5. The average molecular weight is 450 g/mol. The smallest absolute Gasteiger partial charge is 0.319 e. The number of anilines is 2. The molecule has 0 atom stereocenters. The molecule has 1 aromatic carbocycles. The Labute approximate surface area is 196 Å². The second kappa shape index (κ2) is 12.2. The maximum absolute atomic E-state index is 12.3. The second-order valence-electron chi connectivity index (χ2n) is 8.49. The predicted octanol–water partition coefficient (Wildman–Crippen LogP) is 3.45. The van der Waals surface area contributed by atoms with E-state index in [1.165, 1.54) is 5.56 Å². The van der Waals surface area contributed by atoms with E-state index >= 15 is 0 Å². The highest BCUT2D eigenvalue weighted by Gasteiger charge is 2.32. The molecule has 2 aromatic rings. The molecule has 0 unspecified atom stereocenters. The van der Waals surface area contributed by atoms with Crippen LogP contribution in [-0.4, -0.2) is 65.9 Å². The SMILES string of the molecule is C=CCN(CC=C)c1cc(NC(=O)NCCN2CCC(O)(Cc3ccccc3)CC2)ccn1. The molecule has 1 saturated heterocycles. The first-order chi connectivity index (χ1) is 16.0. The van der Waals surface area contributed by atoms with Gasteiger partial charge in [-0.15, -0.1) is 13.2 Å². The zero-order valence-electron chi connectivity index (χ0n) is 19.2. The van der Waals surface area contributed by atoms with Crippen LogP contribution in [0.2, 0.25) is 0 Å². The number of amides is 2. The summed E-state index contributed by atoms with van der Waals surface area (Å²) in [6.45, 7) is 11.8. The Morgan fingerprint density at radius 2 is 1.85 bits per heavy atom. The molecule has 2 amide bonds. The fourth-order valence-corrected chi connectivity index (χ4v) is 4.09. The van der Waals surface area contributed by atoms with E-state index in [0.717, 1.165) is 38.3 Å². The van der Waals surface area contributed by atoms with Crippen molar-refractivity contribution >= 4 is 17.5 Å². The minimum atomic E-state index is -0.646. The molecule has 0 bridgehead atoms.